The Bertz CT molecular complexity index is 893. The molecule has 0 atom stereocenters. The van der Waals surface area contributed by atoms with Gasteiger partial charge in [0.25, 0.3) is 5.91 Å². The smallest absolute Gasteiger partial charge is 0.258 e. The van der Waals surface area contributed by atoms with Crippen LogP contribution >= 0.6 is 0 Å². The van der Waals surface area contributed by atoms with Crippen molar-refractivity contribution in [3.05, 3.63) is 59.2 Å². The number of nitrogens with zero attached hydrogens (tertiary/aromatic N) is 1. The summed E-state index contributed by atoms with van der Waals surface area (Å²) in [5.41, 5.74) is 3.22. The summed E-state index contributed by atoms with van der Waals surface area (Å²) >= 11 is 0. The Kier molecular flexibility index (Phi) is 9.58. The van der Waals surface area contributed by atoms with Gasteiger partial charge in [0.05, 0.1) is 0 Å². The average molecular weight is 455 g/mol. The highest BCUT2D eigenvalue weighted by atomic mass is 16.5. The van der Waals surface area contributed by atoms with Crippen molar-refractivity contribution in [1.29, 1.82) is 0 Å². The lowest BCUT2D eigenvalue weighted by Gasteiger charge is -2.31. The highest BCUT2D eigenvalue weighted by molar-refractivity contribution is 5.77. The molecule has 0 saturated carbocycles. The monoisotopic (exact) mass is 454 g/mol. The van der Waals surface area contributed by atoms with Crippen LogP contribution in [-0.2, 0) is 16.1 Å². The van der Waals surface area contributed by atoms with E-state index in [1.54, 1.807) is 0 Å². The Morgan fingerprint density at radius 2 is 1.94 bits per heavy atom. The summed E-state index contributed by atoms with van der Waals surface area (Å²) in [4.78, 5) is 14.7. The third kappa shape index (κ3) is 8.06. The number of likely N-dealkylation sites (N-methyl/N-ethyl adjacent to an activating group) is 1. The van der Waals surface area contributed by atoms with Crippen LogP contribution in [0.3, 0.4) is 0 Å². The number of amides is 1. The molecule has 0 unspecified atom stereocenters. The first kappa shape index (κ1) is 25.1. The zero-order chi connectivity index (χ0) is 23.6. The molecule has 6 heteroatoms. The summed E-state index contributed by atoms with van der Waals surface area (Å²) in [6, 6.07) is 14.6. The molecule has 0 bridgehead atoms. The van der Waals surface area contributed by atoms with Gasteiger partial charge >= 0.3 is 0 Å². The molecule has 0 spiro atoms. The van der Waals surface area contributed by atoms with E-state index in [0.29, 0.717) is 25.1 Å². The molecule has 0 aliphatic carbocycles. The summed E-state index contributed by atoms with van der Waals surface area (Å²) in [5, 5.41) is 2.93. The van der Waals surface area contributed by atoms with Crippen molar-refractivity contribution >= 4 is 5.91 Å². The Morgan fingerprint density at radius 1 is 1.15 bits per heavy atom. The molecular formula is C27H38N2O4. The highest BCUT2D eigenvalue weighted by Gasteiger charge is 2.18. The van der Waals surface area contributed by atoms with Crippen LogP contribution in [0, 0.1) is 6.92 Å². The molecule has 1 heterocycles. The summed E-state index contributed by atoms with van der Waals surface area (Å²) in [6.45, 7) is 9.91. The van der Waals surface area contributed by atoms with Crippen LogP contribution < -0.4 is 14.8 Å². The minimum Gasteiger partial charge on any atom is -0.492 e. The number of hydrogen-bond acceptors (Lipinski definition) is 5. The largest absolute Gasteiger partial charge is 0.492 e. The van der Waals surface area contributed by atoms with Crippen LogP contribution in [0.15, 0.2) is 42.5 Å². The molecule has 3 rings (SSSR count). The lowest BCUT2D eigenvalue weighted by molar-refractivity contribution is -0.123. The molecule has 0 radical (unpaired) electrons. The van der Waals surface area contributed by atoms with Gasteiger partial charge in [-0.25, -0.2) is 0 Å². The second-order valence-electron chi connectivity index (χ2n) is 9.07. The van der Waals surface area contributed by atoms with E-state index in [0.717, 1.165) is 55.2 Å². The minimum atomic E-state index is -0.145. The van der Waals surface area contributed by atoms with Gasteiger partial charge in [0.2, 0.25) is 0 Å². The van der Waals surface area contributed by atoms with Crippen molar-refractivity contribution in [3.8, 4) is 11.5 Å². The normalized spacial score (nSPS) is 14.5. The number of nitrogens with one attached hydrogen (secondary N) is 1. The third-order valence-electron chi connectivity index (χ3n) is 6.15. The van der Waals surface area contributed by atoms with E-state index in [4.69, 9.17) is 14.2 Å². The van der Waals surface area contributed by atoms with Crippen molar-refractivity contribution in [2.24, 2.45) is 0 Å². The predicted molar refractivity (Wildman–Crippen MR) is 131 cm³/mol. The number of benzene rings is 2. The van der Waals surface area contributed by atoms with Crippen molar-refractivity contribution < 1.29 is 19.0 Å². The fraction of sp³-hybridized carbons (Fsp3) is 0.519. The first-order valence-corrected chi connectivity index (χ1v) is 11.9. The molecule has 1 aliphatic heterocycles. The molecular weight excluding hydrogens is 416 g/mol. The third-order valence-corrected chi connectivity index (χ3v) is 6.15. The summed E-state index contributed by atoms with van der Waals surface area (Å²) in [5.74, 6) is 1.85. The van der Waals surface area contributed by atoms with Gasteiger partial charge in [0.15, 0.2) is 6.61 Å². The first-order chi connectivity index (χ1) is 15.9. The van der Waals surface area contributed by atoms with E-state index in [1.807, 2.05) is 43.3 Å². The van der Waals surface area contributed by atoms with Crippen molar-refractivity contribution in [3.63, 3.8) is 0 Å². The van der Waals surface area contributed by atoms with Crippen LogP contribution in [0.2, 0.25) is 0 Å². The Hall–Kier alpha value is -2.57. The molecule has 1 saturated heterocycles. The summed E-state index contributed by atoms with van der Waals surface area (Å²) < 4.78 is 17.2. The van der Waals surface area contributed by atoms with Gasteiger partial charge in [-0.05, 0) is 67.6 Å². The Morgan fingerprint density at radius 3 is 2.70 bits per heavy atom. The van der Waals surface area contributed by atoms with Gasteiger partial charge in [-0.1, -0.05) is 38.1 Å². The molecule has 1 aliphatic rings. The quantitative estimate of drug-likeness (QED) is 0.549. The number of carbonyl (C=O) groups excluding carboxylic acids is 1. The molecule has 2 aromatic carbocycles. The number of ether oxygens (including phenoxy) is 3. The van der Waals surface area contributed by atoms with Crippen molar-refractivity contribution in [1.82, 2.24) is 10.2 Å². The Balaban J connectivity index is 1.41. The number of hydrogen-bond donors (Lipinski definition) is 1. The van der Waals surface area contributed by atoms with E-state index in [2.05, 4.69) is 37.2 Å². The maximum Gasteiger partial charge on any atom is 0.258 e. The predicted octanol–water partition coefficient (Wildman–Crippen LogP) is 4.30. The van der Waals surface area contributed by atoms with E-state index in [1.165, 1.54) is 5.56 Å². The van der Waals surface area contributed by atoms with E-state index in [9.17, 15) is 4.79 Å². The van der Waals surface area contributed by atoms with Gasteiger partial charge in [-0.3, -0.25) is 9.69 Å². The van der Waals surface area contributed by atoms with Gasteiger partial charge < -0.3 is 19.5 Å². The Labute approximate surface area is 198 Å². The van der Waals surface area contributed by atoms with Crippen LogP contribution in [0.25, 0.3) is 0 Å². The van der Waals surface area contributed by atoms with E-state index in [-0.39, 0.29) is 12.5 Å². The first-order valence-electron chi connectivity index (χ1n) is 11.9. The zero-order valence-electron chi connectivity index (χ0n) is 20.4. The second-order valence-corrected chi connectivity index (χ2v) is 9.07. The van der Waals surface area contributed by atoms with Crippen LogP contribution in [0.1, 0.15) is 49.3 Å². The van der Waals surface area contributed by atoms with Crippen LogP contribution in [-0.4, -0.2) is 56.9 Å². The van der Waals surface area contributed by atoms with Gasteiger partial charge in [0, 0.05) is 32.3 Å². The van der Waals surface area contributed by atoms with Crippen molar-refractivity contribution in [2.75, 3.05) is 40.0 Å². The molecule has 1 fully saturated rings. The fourth-order valence-corrected chi connectivity index (χ4v) is 3.89. The SMILES string of the molecule is Cc1ccc(C(C)C)cc1OCC(=O)NCc1cccc(OCCN(C)C2CCOCC2)c1. The molecule has 1 N–H and O–H groups in total. The zero-order valence-corrected chi connectivity index (χ0v) is 20.4. The molecule has 2 aromatic rings. The minimum absolute atomic E-state index is 0.00286. The van der Waals surface area contributed by atoms with Crippen LogP contribution in [0.5, 0.6) is 11.5 Å². The summed E-state index contributed by atoms with van der Waals surface area (Å²) in [6.07, 6.45) is 2.16. The van der Waals surface area contributed by atoms with Gasteiger partial charge in [0.1, 0.15) is 18.1 Å². The van der Waals surface area contributed by atoms with E-state index >= 15 is 0 Å². The number of carbonyl (C=O) groups is 1. The van der Waals surface area contributed by atoms with E-state index < -0.39 is 0 Å². The van der Waals surface area contributed by atoms with Gasteiger partial charge in [-0.2, -0.15) is 0 Å². The molecule has 33 heavy (non-hydrogen) atoms. The van der Waals surface area contributed by atoms with Crippen molar-refractivity contribution in [2.45, 2.75) is 52.1 Å². The lowest BCUT2D eigenvalue weighted by atomic mass is 10.0. The van der Waals surface area contributed by atoms with Crippen LogP contribution in [0.4, 0.5) is 0 Å². The number of rotatable bonds is 11. The maximum atomic E-state index is 12.3. The molecule has 6 nitrogen and oxygen atoms in total. The molecule has 180 valence electrons. The highest BCUT2D eigenvalue weighted by Crippen LogP contribution is 2.24. The molecule has 0 aromatic heterocycles. The number of aryl methyl sites for hydroxylation is 1. The standard InChI is InChI=1S/C27H38N2O4/c1-20(2)23-9-8-21(3)26(17-23)33-19-27(30)28-18-22-6-5-7-25(16-22)32-15-12-29(4)24-10-13-31-14-11-24/h5-9,16-17,20,24H,10-15,18-19H2,1-4H3,(H,28,30). The maximum absolute atomic E-state index is 12.3. The lowest BCUT2D eigenvalue weighted by Crippen LogP contribution is -2.38. The molecule has 1 amide bonds. The second kappa shape index (κ2) is 12.6. The topological polar surface area (TPSA) is 60.0 Å². The average Bonchev–Trinajstić information content (AvgIpc) is 2.83. The summed E-state index contributed by atoms with van der Waals surface area (Å²) in [7, 11) is 2.15. The van der Waals surface area contributed by atoms with Gasteiger partial charge in [-0.15, -0.1) is 0 Å². The fourth-order valence-electron chi connectivity index (χ4n) is 3.89.